The fraction of sp³-hybridized carbons (Fsp3) is 0.533. The van der Waals surface area contributed by atoms with E-state index in [-0.39, 0.29) is 12.0 Å². The summed E-state index contributed by atoms with van der Waals surface area (Å²) >= 11 is 0. The lowest BCUT2D eigenvalue weighted by Crippen LogP contribution is -2.54. The molecule has 1 heterocycles. The first-order valence-corrected chi connectivity index (χ1v) is 6.77. The van der Waals surface area contributed by atoms with Crippen molar-refractivity contribution in [1.29, 1.82) is 0 Å². The van der Waals surface area contributed by atoms with Crippen LogP contribution in [0.3, 0.4) is 0 Å². The zero-order valence-electron chi connectivity index (χ0n) is 12.5. The Morgan fingerprint density at radius 3 is 2.70 bits per heavy atom. The van der Waals surface area contributed by atoms with Crippen LogP contribution in [0.25, 0.3) is 0 Å². The number of amides is 1. The summed E-state index contributed by atoms with van der Waals surface area (Å²) in [5, 5.41) is 3.01. The average Bonchev–Trinajstić information content (AvgIpc) is 2.46. The summed E-state index contributed by atoms with van der Waals surface area (Å²) in [5.74, 6) is 1.52. The largest absolute Gasteiger partial charge is 0.486 e. The van der Waals surface area contributed by atoms with Crippen LogP contribution < -0.4 is 14.8 Å². The minimum atomic E-state index is -0.581. The molecule has 2 rings (SSSR count). The summed E-state index contributed by atoms with van der Waals surface area (Å²) in [6, 6.07) is 7.57. The SMILES string of the molecule is CNC(C)(C)C(=O)N(C)CC1COc2ccccc2O1. The standard InChI is InChI=1S/C15H22N2O3/c1-15(2,16-3)14(18)17(4)9-11-10-19-12-7-5-6-8-13(12)20-11/h5-8,11,16H,9-10H2,1-4H3. The van der Waals surface area contributed by atoms with Crippen LogP contribution >= 0.6 is 0 Å². The molecule has 0 aromatic heterocycles. The van der Waals surface area contributed by atoms with Crippen LogP contribution in [0.5, 0.6) is 11.5 Å². The number of fused-ring (bicyclic) bond motifs is 1. The Hall–Kier alpha value is -1.75. The molecule has 0 fully saturated rings. The molecule has 1 unspecified atom stereocenters. The summed E-state index contributed by atoms with van der Waals surface area (Å²) in [4.78, 5) is 14.0. The highest BCUT2D eigenvalue weighted by molar-refractivity contribution is 5.85. The number of hydrogen-bond donors (Lipinski definition) is 1. The Labute approximate surface area is 119 Å². The van der Waals surface area contributed by atoms with Gasteiger partial charge in [-0.1, -0.05) is 12.1 Å². The highest BCUT2D eigenvalue weighted by Crippen LogP contribution is 2.31. The van der Waals surface area contributed by atoms with E-state index >= 15 is 0 Å². The van der Waals surface area contributed by atoms with Crippen molar-refractivity contribution in [2.75, 3.05) is 27.2 Å². The van der Waals surface area contributed by atoms with Gasteiger partial charge in [-0.2, -0.15) is 0 Å². The van der Waals surface area contributed by atoms with Gasteiger partial charge in [0.25, 0.3) is 0 Å². The van der Waals surface area contributed by atoms with E-state index in [1.54, 1.807) is 19.0 Å². The lowest BCUT2D eigenvalue weighted by Gasteiger charge is -2.33. The molecule has 1 atom stereocenters. The summed E-state index contributed by atoms with van der Waals surface area (Å²) < 4.78 is 11.5. The highest BCUT2D eigenvalue weighted by Gasteiger charge is 2.31. The number of carbonyl (C=O) groups is 1. The first kappa shape index (κ1) is 14.7. The van der Waals surface area contributed by atoms with Gasteiger partial charge >= 0.3 is 0 Å². The number of nitrogens with one attached hydrogen (secondary N) is 1. The number of likely N-dealkylation sites (N-methyl/N-ethyl adjacent to an activating group) is 2. The molecule has 20 heavy (non-hydrogen) atoms. The van der Waals surface area contributed by atoms with Gasteiger partial charge in [0, 0.05) is 7.05 Å². The Bertz CT molecular complexity index is 488. The highest BCUT2D eigenvalue weighted by atomic mass is 16.6. The van der Waals surface area contributed by atoms with E-state index < -0.39 is 5.54 Å². The molecular weight excluding hydrogens is 256 g/mol. The summed E-state index contributed by atoms with van der Waals surface area (Å²) in [6.45, 7) is 4.67. The van der Waals surface area contributed by atoms with Gasteiger partial charge in [-0.15, -0.1) is 0 Å². The molecule has 1 aromatic carbocycles. The van der Waals surface area contributed by atoms with Gasteiger partial charge in [-0.05, 0) is 33.0 Å². The summed E-state index contributed by atoms with van der Waals surface area (Å²) in [6.07, 6.45) is -0.147. The van der Waals surface area contributed by atoms with Gasteiger partial charge in [-0.25, -0.2) is 0 Å². The number of hydrogen-bond acceptors (Lipinski definition) is 4. The average molecular weight is 278 g/mol. The van der Waals surface area contributed by atoms with Gasteiger partial charge in [0.2, 0.25) is 5.91 Å². The first-order chi connectivity index (χ1) is 9.44. The molecule has 0 saturated heterocycles. The number of nitrogens with zero attached hydrogens (tertiary/aromatic N) is 1. The van der Waals surface area contributed by atoms with Crippen molar-refractivity contribution >= 4 is 5.91 Å². The molecule has 0 saturated carbocycles. The van der Waals surface area contributed by atoms with Crippen LogP contribution in [-0.2, 0) is 4.79 Å². The van der Waals surface area contributed by atoms with E-state index in [2.05, 4.69) is 5.32 Å². The molecule has 0 spiro atoms. The maximum absolute atomic E-state index is 12.3. The molecule has 1 aliphatic heterocycles. The molecule has 1 N–H and O–H groups in total. The van der Waals surface area contributed by atoms with Crippen molar-refractivity contribution in [2.45, 2.75) is 25.5 Å². The third-order valence-electron chi connectivity index (χ3n) is 3.55. The number of ether oxygens (including phenoxy) is 2. The third-order valence-corrected chi connectivity index (χ3v) is 3.55. The second-order valence-electron chi connectivity index (χ2n) is 5.56. The Balaban J connectivity index is 1.97. The fourth-order valence-corrected chi connectivity index (χ4v) is 2.13. The quantitative estimate of drug-likeness (QED) is 0.901. The van der Waals surface area contributed by atoms with Crippen molar-refractivity contribution in [3.8, 4) is 11.5 Å². The van der Waals surface area contributed by atoms with Crippen LogP contribution in [0.2, 0.25) is 0 Å². The predicted molar refractivity (Wildman–Crippen MR) is 77.1 cm³/mol. The number of para-hydroxylation sites is 2. The second-order valence-corrected chi connectivity index (χ2v) is 5.56. The van der Waals surface area contributed by atoms with Crippen molar-refractivity contribution in [1.82, 2.24) is 10.2 Å². The molecule has 1 amide bonds. The molecule has 5 nitrogen and oxygen atoms in total. The maximum atomic E-state index is 12.3. The molecule has 1 aliphatic rings. The molecule has 0 bridgehead atoms. The van der Waals surface area contributed by atoms with E-state index in [4.69, 9.17) is 9.47 Å². The number of carbonyl (C=O) groups excluding carboxylic acids is 1. The van der Waals surface area contributed by atoms with Crippen molar-refractivity contribution < 1.29 is 14.3 Å². The van der Waals surface area contributed by atoms with Crippen molar-refractivity contribution in [3.63, 3.8) is 0 Å². The Morgan fingerprint density at radius 1 is 1.40 bits per heavy atom. The van der Waals surface area contributed by atoms with E-state index in [0.717, 1.165) is 11.5 Å². The number of benzene rings is 1. The maximum Gasteiger partial charge on any atom is 0.242 e. The van der Waals surface area contributed by atoms with Crippen LogP contribution in [0.1, 0.15) is 13.8 Å². The number of rotatable bonds is 4. The molecule has 0 aliphatic carbocycles. The molecule has 110 valence electrons. The predicted octanol–water partition coefficient (Wildman–Crippen LogP) is 1.28. The van der Waals surface area contributed by atoms with Crippen LogP contribution in [0, 0.1) is 0 Å². The first-order valence-electron chi connectivity index (χ1n) is 6.77. The molecule has 1 aromatic rings. The van der Waals surface area contributed by atoms with Gasteiger partial charge in [0.15, 0.2) is 17.6 Å². The molecule has 0 radical (unpaired) electrons. The van der Waals surface area contributed by atoms with Gasteiger partial charge in [-0.3, -0.25) is 4.79 Å². The topological polar surface area (TPSA) is 50.8 Å². The van der Waals surface area contributed by atoms with E-state index in [1.165, 1.54) is 0 Å². The van der Waals surface area contributed by atoms with Crippen molar-refractivity contribution in [2.24, 2.45) is 0 Å². The summed E-state index contributed by atoms with van der Waals surface area (Å²) in [5.41, 5.74) is -0.581. The van der Waals surface area contributed by atoms with Gasteiger partial charge in [0.1, 0.15) is 6.61 Å². The normalized spacial score (nSPS) is 17.7. The zero-order chi connectivity index (χ0) is 14.8. The smallest absolute Gasteiger partial charge is 0.242 e. The minimum absolute atomic E-state index is 0.0301. The zero-order valence-corrected chi connectivity index (χ0v) is 12.5. The van der Waals surface area contributed by atoms with E-state index in [9.17, 15) is 4.79 Å². The fourth-order valence-electron chi connectivity index (χ4n) is 2.13. The Morgan fingerprint density at radius 2 is 2.05 bits per heavy atom. The Kier molecular flexibility index (Phi) is 4.18. The molecule has 5 heteroatoms. The van der Waals surface area contributed by atoms with Crippen LogP contribution in [0.15, 0.2) is 24.3 Å². The monoisotopic (exact) mass is 278 g/mol. The van der Waals surface area contributed by atoms with E-state index in [0.29, 0.717) is 13.2 Å². The second kappa shape index (κ2) is 5.71. The van der Waals surface area contributed by atoms with Gasteiger partial charge < -0.3 is 19.7 Å². The minimum Gasteiger partial charge on any atom is -0.486 e. The summed E-state index contributed by atoms with van der Waals surface area (Å²) in [7, 11) is 3.56. The van der Waals surface area contributed by atoms with E-state index in [1.807, 2.05) is 38.1 Å². The van der Waals surface area contributed by atoms with Crippen molar-refractivity contribution in [3.05, 3.63) is 24.3 Å². The van der Waals surface area contributed by atoms with Crippen LogP contribution in [0.4, 0.5) is 0 Å². The third kappa shape index (κ3) is 3.04. The lowest BCUT2D eigenvalue weighted by atomic mass is 10.0. The molecular formula is C15H22N2O3. The van der Waals surface area contributed by atoms with Gasteiger partial charge in [0.05, 0.1) is 12.1 Å². The van der Waals surface area contributed by atoms with Crippen LogP contribution in [-0.4, -0.2) is 49.7 Å². The lowest BCUT2D eigenvalue weighted by molar-refractivity contribution is -0.137.